The lowest BCUT2D eigenvalue weighted by molar-refractivity contribution is 0.100. The van der Waals surface area contributed by atoms with Gasteiger partial charge in [0.2, 0.25) is 5.91 Å². The zero-order valence-electron chi connectivity index (χ0n) is 11.5. The first-order valence-electron chi connectivity index (χ1n) is 6.74. The van der Waals surface area contributed by atoms with Crippen LogP contribution in [-0.2, 0) is 0 Å². The summed E-state index contributed by atoms with van der Waals surface area (Å²) < 4.78 is 0. The van der Waals surface area contributed by atoms with Gasteiger partial charge in [-0.25, -0.2) is 4.98 Å². The van der Waals surface area contributed by atoms with Crippen molar-refractivity contribution in [2.45, 2.75) is 0 Å². The van der Waals surface area contributed by atoms with Crippen molar-refractivity contribution in [3.8, 4) is 0 Å². The summed E-state index contributed by atoms with van der Waals surface area (Å²) in [5.41, 5.74) is 13.4. The van der Waals surface area contributed by atoms with E-state index in [4.69, 9.17) is 11.5 Å². The molecule has 0 spiro atoms. The first-order valence-corrected chi connectivity index (χ1v) is 7.62. The minimum atomic E-state index is -0.433. The molecule has 0 radical (unpaired) electrons. The fourth-order valence-corrected chi connectivity index (χ4v) is 3.18. The number of piperazine rings is 1. The first kappa shape index (κ1) is 13.7. The Labute approximate surface area is 127 Å². The van der Waals surface area contributed by atoms with Gasteiger partial charge in [-0.2, -0.15) is 0 Å². The summed E-state index contributed by atoms with van der Waals surface area (Å²) in [5, 5.41) is 3.03. The zero-order valence-corrected chi connectivity index (χ0v) is 12.3. The topological polar surface area (TPSA) is 88.5 Å². The van der Waals surface area contributed by atoms with Crippen molar-refractivity contribution in [3.05, 3.63) is 35.3 Å². The number of amides is 1. The first-order chi connectivity index (χ1) is 10.1. The van der Waals surface area contributed by atoms with Gasteiger partial charge >= 0.3 is 0 Å². The van der Waals surface area contributed by atoms with Crippen molar-refractivity contribution < 1.29 is 4.79 Å². The lowest BCUT2D eigenvalue weighted by atomic mass is 10.1. The van der Waals surface area contributed by atoms with Gasteiger partial charge in [-0.1, -0.05) is 0 Å². The summed E-state index contributed by atoms with van der Waals surface area (Å²) in [6, 6.07) is 5.17. The van der Waals surface area contributed by atoms with Crippen LogP contribution in [0.1, 0.15) is 10.4 Å². The van der Waals surface area contributed by atoms with Crippen molar-refractivity contribution in [1.82, 2.24) is 4.98 Å². The van der Waals surface area contributed by atoms with Gasteiger partial charge in [0.25, 0.3) is 0 Å². The molecule has 21 heavy (non-hydrogen) atoms. The Kier molecular flexibility index (Phi) is 3.66. The maximum absolute atomic E-state index is 11.3. The van der Waals surface area contributed by atoms with E-state index in [1.54, 1.807) is 29.5 Å². The number of benzene rings is 1. The second-order valence-corrected chi connectivity index (χ2v) is 5.80. The molecule has 0 saturated carbocycles. The van der Waals surface area contributed by atoms with Crippen LogP contribution in [0.2, 0.25) is 0 Å². The van der Waals surface area contributed by atoms with E-state index in [0.717, 1.165) is 37.0 Å². The van der Waals surface area contributed by atoms with E-state index < -0.39 is 5.91 Å². The van der Waals surface area contributed by atoms with Gasteiger partial charge in [-0.05, 0) is 18.2 Å². The van der Waals surface area contributed by atoms with Crippen molar-refractivity contribution >= 4 is 33.8 Å². The Morgan fingerprint density at radius 1 is 1.19 bits per heavy atom. The third kappa shape index (κ3) is 2.78. The van der Waals surface area contributed by atoms with Crippen molar-refractivity contribution in [2.24, 2.45) is 5.73 Å². The molecule has 4 N–H and O–H groups in total. The van der Waals surface area contributed by atoms with E-state index in [1.165, 1.54) is 0 Å². The highest BCUT2D eigenvalue weighted by Gasteiger charge is 2.20. The Hall–Kier alpha value is -2.28. The van der Waals surface area contributed by atoms with Crippen molar-refractivity contribution in [1.29, 1.82) is 0 Å². The molecule has 6 nitrogen and oxygen atoms in total. The number of rotatable bonds is 3. The summed E-state index contributed by atoms with van der Waals surface area (Å²) in [6.07, 6.45) is 1.82. The predicted octanol–water partition coefficient (Wildman–Crippen LogP) is 1.15. The number of nitrogen functional groups attached to an aromatic ring is 1. The van der Waals surface area contributed by atoms with Gasteiger partial charge in [0.05, 0.1) is 11.4 Å². The zero-order chi connectivity index (χ0) is 14.8. The molecule has 0 aliphatic carbocycles. The number of primary amides is 1. The minimum Gasteiger partial charge on any atom is -0.397 e. The van der Waals surface area contributed by atoms with Gasteiger partial charge < -0.3 is 21.3 Å². The largest absolute Gasteiger partial charge is 0.397 e. The van der Waals surface area contributed by atoms with Gasteiger partial charge in [0, 0.05) is 43.3 Å². The number of anilines is 3. The molecule has 0 atom stereocenters. The van der Waals surface area contributed by atoms with Crippen LogP contribution in [0.5, 0.6) is 0 Å². The lowest BCUT2D eigenvalue weighted by Gasteiger charge is -2.36. The smallest absolute Gasteiger partial charge is 0.248 e. The molecule has 1 aromatic heterocycles. The monoisotopic (exact) mass is 303 g/mol. The average Bonchev–Trinajstić information content (AvgIpc) is 3.02. The lowest BCUT2D eigenvalue weighted by Crippen LogP contribution is -2.46. The van der Waals surface area contributed by atoms with Gasteiger partial charge in [-0.15, -0.1) is 11.3 Å². The van der Waals surface area contributed by atoms with Gasteiger partial charge in [0.1, 0.15) is 0 Å². The van der Waals surface area contributed by atoms with Crippen LogP contribution in [-0.4, -0.2) is 37.1 Å². The van der Waals surface area contributed by atoms with E-state index in [1.807, 2.05) is 11.6 Å². The van der Waals surface area contributed by atoms with Crippen LogP contribution in [0, 0.1) is 0 Å². The minimum absolute atomic E-state index is 0.433. The highest BCUT2D eigenvalue weighted by molar-refractivity contribution is 7.13. The number of thiazole rings is 1. The number of nitrogens with zero attached hydrogens (tertiary/aromatic N) is 3. The van der Waals surface area contributed by atoms with Crippen LogP contribution in [0.3, 0.4) is 0 Å². The third-order valence-corrected chi connectivity index (χ3v) is 4.46. The maximum atomic E-state index is 11.3. The number of hydrogen-bond donors (Lipinski definition) is 2. The Bertz CT molecular complexity index is 635. The van der Waals surface area contributed by atoms with E-state index in [-0.39, 0.29) is 0 Å². The van der Waals surface area contributed by atoms with Crippen molar-refractivity contribution in [2.75, 3.05) is 41.7 Å². The van der Waals surface area contributed by atoms with E-state index >= 15 is 0 Å². The highest BCUT2D eigenvalue weighted by Crippen LogP contribution is 2.27. The number of carbonyl (C=O) groups excluding carboxylic acids is 1. The van der Waals surface area contributed by atoms with Crippen LogP contribution in [0.15, 0.2) is 29.8 Å². The molecule has 3 rings (SSSR count). The molecule has 0 bridgehead atoms. The van der Waals surface area contributed by atoms with Gasteiger partial charge in [-0.3, -0.25) is 4.79 Å². The number of aromatic nitrogens is 1. The molecule has 0 unspecified atom stereocenters. The second-order valence-electron chi connectivity index (χ2n) is 4.93. The fourth-order valence-electron chi connectivity index (χ4n) is 2.48. The fraction of sp³-hybridized carbons (Fsp3) is 0.286. The number of hydrogen-bond acceptors (Lipinski definition) is 6. The third-order valence-electron chi connectivity index (χ3n) is 3.63. The summed E-state index contributed by atoms with van der Waals surface area (Å²) in [7, 11) is 0. The molecule has 1 fully saturated rings. The van der Waals surface area contributed by atoms with E-state index in [0.29, 0.717) is 11.3 Å². The van der Waals surface area contributed by atoms with E-state index in [9.17, 15) is 4.79 Å². The Balaban J connectivity index is 1.75. The number of carbonyl (C=O) groups is 1. The molecule has 1 aliphatic heterocycles. The highest BCUT2D eigenvalue weighted by atomic mass is 32.1. The van der Waals surface area contributed by atoms with Crippen LogP contribution >= 0.6 is 11.3 Å². The second kappa shape index (κ2) is 5.61. The molecule has 110 valence electrons. The van der Waals surface area contributed by atoms with Gasteiger partial charge in [0.15, 0.2) is 5.13 Å². The maximum Gasteiger partial charge on any atom is 0.248 e. The molecule has 7 heteroatoms. The molecule has 1 saturated heterocycles. The number of nitrogens with two attached hydrogens (primary N) is 2. The van der Waals surface area contributed by atoms with Crippen LogP contribution in [0.25, 0.3) is 0 Å². The normalized spacial score (nSPS) is 15.2. The Morgan fingerprint density at radius 2 is 1.90 bits per heavy atom. The Morgan fingerprint density at radius 3 is 2.52 bits per heavy atom. The molecule has 1 amide bonds. The molecule has 2 heterocycles. The summed E-state index contributed by atoms with van der Waals surface area (Å²) in [6.45, 7) is 3.44. The van der Waals surface area contributed by atoms with Crippen molar-refractivity contribution in [3.63, 3.8) is 0 Å². The van der Waals surface area contributed by atoms with E-state index in [2.05, 4.69) is 14.8 Å². The molecule has 2 aromatic rings. The molecule has 1 aromatic carbocycles. The molecule has 1 aliphatic rings. The standard InChI is InChI=1S/C14H17N5OS/c15-11-2-1-10(13(16)20)9-12(11)18-4-6-19(7-5-18)14-17-3-8-21-14/h1-3,8-9H,4-7,15H2,(H2,16,20). The van der Waals surface area contributed by atoms with Crippen LogP contribution in [0.4, 0.5) is 16.5 Å². The summed E-state index contributed by atoms with van der Waals surface area (Å²) >= 11 is 1.65. The molecular weight excluding hydrogens is 286 g/mol. The SMILES string of the molecule is NC(=O)c1ccc(N)c(N2CCN(c3nccs3)CC2)c1. The predicted molar refractivity (Wildman–Crippen MR) is 85.9 cm³/mol. The quantitative estimate of drug-likeness (QED) is 0.830. The average molecular weight is 303 g/mol. The summed E-state index contributed by atoms with van der Waals surface area (Å²) in [5.74, 6) is -0.433. The van der Waals surface area contributed by atoms with Crippen LogP contribution < -0.4 is 21.3 Å². The summed E-state index contributed by atoms with van der Waals surface area (Å²) in [4.78, 5) is 20.1. The molecular formula is C14H17N5OS.